The number of anilines is 1. The molecular formula is C14H20N4O2S2. The van der Waals surface area contributed by atoms with Gasteiger partial charge in [0.1, 0.15) is 16.0 Å². The van der Waals surface area contributed by atoms with E-state index in [-0.39, 0.29) is 12.1 Å². The van der Waals surface area contributed by atoms with Crippen LogP contribution in [0.5, 0.6) is 0 Å². The number of rotatable bonds is 3. The number of thiocyanates is 1. The maximum atomic E-state index is 11.9. The molecular weight excluding hydrogens is 320 g/mol. The van der Waals surface area contributed by atoms with Crippen LogP contribution in [0.4, 0.5) is 9.80 Å². The molecule has 1 fully saturated rings. The highest BCUT2D eigenvalue weighted by Crippen LogP contribution is 2.34. The first kappa shape index (κ1) is 16.9. The summed E-state index contributed by atoms with van der Waals surface area (Å²) < 4.78 is 9.47. The molecule has 0 saturated carbocycles. The van der Waals surface area contributed by atoms with Crippen LogP contribution in [0.3, 0.4) is 0 Å². The molecule has 1 aliphatic rings. The molecule has 0 radical (unpaired) electrons. The highest BCUT2D eigenvalue weighted by Gasteiger charge is 2.26. The second kappa shape index (κ2) is 7.20. The Labute approximate surface area is 139 Å². The molecule has 0 unspecified atom stereocenters. The van der Waals surface area contributed by atoms with E-state index in [0.717, 1.165) is 41.0 Å². The lowest BCUT2D eigenvalue weighted by Crippen LogP contribution is -2.48. The zero-order chi connectivity index (χ0) is 16.2. The van der Waals surface area contributed by atoms with Crippen molar-refractivity contribution in [3.05, 3.63) is 6.20 Å². The fourth-order valence-corrected chi connectivity index (χ4v) is 3.72. The van der Waals surface area contributed by atoms with Crippen LogP contribution < -0.4 is 10.2 Å². The summed E-state index contributed by atoms with van der Waals surface area (Å²) in [7, 11) is 0. The third-order valence-corrected chi connectivity index (χ3v) is 4.71. The molecule has 1 aromatic heterocycles. The summed E-state index contributed by atoms with van der Waals surface area (Å²) in [6.45, 7) is 7.17. The summed E-state index contributed by atoms with van der Waals surface area (Å²) >= 11 is 2.51. The van der Waals surface area contributed by atoms with Crippen molar-refractivity contribution >= 4 is 34.4 Å². The lowest BCUT2D eigenvalue weighted by molar-refractivity contribution is 0.0500. The second-order valence-corrected chi connectivity index (χ2v) is 7.73. The normalized spacial score (nSPS) is 18.6. The van der Waals surface area contributed by atoms with Gasteiger partial charge in [-0.05, 0) is 56.9 Å². The maximum Gasteiger partial charge on any atom is 0.407 e. The third kappa shape index (κ3) is 4.78. The van der Waals surface area contributed by atoms with Crippen LogP contribution in [0.2, 0.25) is 0 Å². The third-order valence-electron chi connectivity index (χ3n) is 3.10. The lowest BCUT2D eigenvalue weighted by atomic mass is 10.1. The molecule has 0 aromatic carbocycles. The van der Waals surface area contributed by atoms with E-state index in [2.05, 4.69) is 20.0 Å². The molecule has 22 heavy (non-hydrogen) atoms. The quantitative estimate of drug-likeness (QED) is 0.672. The Morgan fingerprint density at radius 3 is 3.09 bits per heavy atom. The van der Waals surface area contributed by atoms with E-state index in [1.807, 2.05) is 20.8 Å². The molecule has 8 heteroatoms. The molecule has 1 aromatic rings. The number of thioether (sulfide) groups is 1. The number of alkyl carbamates (subject to hydrolysis) is 1. The monoisotopic (exact) mass is 340 g/mol. The fourth-order valence-electron chi connectivity index (χ4n) is 2.31. The summed E-state index contributed by atoms with van der Waals surface area (Å²) in [4.78, 5) is 14.9. The number of nitrogens with one attached hydrogen (secondary N) is 1. The van der Waals surface area contributed by atoms with E-state index >= 15 is 0 Å². The topological polar surface area (TPSA) is 78.2 Å². The highest BCUT2D eigenvalue weighted by molar-refractivity contribution is 8.04. The number of nitriles is 1. The summed E-state index contributed by atoms with van der Waals surface area (Å²) in [5, 5.41) is 14.9. The number of nitrogens with zero attached hydrogens (tertiary/aromatic N) is 3. The molecule has 1 atom stereocenters. The molecule has 2 rings (SSSR count). The van der Waals surface area contributed by atoms with Gasteiger partial charge in [-0.3, -0.25) is 0 Å². The van der Waals surface area contributed by atoms with Gasteiger partial charge >= 0.3 is 6.09 Å². The maximum absolute atomic E-state index is 11.9. The van der Waals surface area contributed by atoms with Gasteiger partial charge in [-0.15, -0.1) is 0 Å². The minimum absolute atomic E-state index is 0.0469. The molecule has 1 N–H and O–H groups in total. The van der Waals surface area contributed by atoms with Crippen LogP contribution in [0, 0.1) is 10.7 Å². The molecule has 0 spiro atoms. The Bertz CT molecular complexity index is 562. The average molecular weight is 340 g/mol. The number of aromatic nitrogens is 1. The van der Waals surface area contributed by atoms with E-state index in [1.165, 1.54) is 11.5 Å². The Morgan fingerprint density at radius 2 is 2.41 bits per heavy atom. The fraction of sp³-hybridized carbons (Fsp3) is 0.643. The number of hydrogen-bond donors (Lipinski definition) is 1. The number of hydrogen-bond acceptors (Lipinski definition) is 7. The molecule has 1 aliphatic heterocycles. The SMILES string of the molecule is CC(C)(C)OC(=O)N[C@H]1CCCN(c2sncc2SC#N)C1. The average Bonchev–Trinajstić information content (AvgIpc) is 2.85. The van der Waals surface area contributed by atoms with Gasteiger partial charge < -0.3 is 15.0 Å². The largest absolute Gasteiger partial charge is 0.444 e. The predicted octanol–water partition coefficient (Wildman–Crippen LogP) is 3.21. The van der Waals surface area contributed by atoms with Gasteiger partial charge in [0.15, 0.2) is 0 Å². The number of amides is 1. The van der Waals surface area contributed by atoms with E-state index in [0.29, 0.717) is 6.54 Å². The van der Waals surface area contributed by atoms with Gasteiger partial charge in [-0.2, -0.15) is 9.64 Å². The smallest absolute Gasteiger partial charge is 0.407 e. The summed E-state index contributed by atoms with van der Waals surface area (Å²) in [5.74, 6) is 0. The Kier molecular flexibility index (Phi) is 5.53. The first-order chi connectivity index (χ1) is 10.4. The molecule has 0 bridgehead atoms. The predicted molar refractivity (Wildman–Crippen MR) is 88.2 cm³/mol. The van der Waals surface area contributed by atoms with Crippen LogP contribution in [0.25, 0.3) is 0 Å². The highest BCUT2D eigenvalue weighted by atomic mass is 32.2. The van der Waals surface area contributed by atoms with Crippen LogP contribution in [0.15, 0.2) is 11.1 Å². The Hall–Kier alpha value is -1.46. The van der Waals surface area contributed by atoms with Crippen molar-refractivity contribution < 1.29 is 9.53 Å². The zero-order valence-electron chi connectivity index (χ0n) is 13.0. The van der Waals surface area contributed by atoms with Gasteiger partial charge in [-0.1, -0.05) is 0 Å². The van der Waals surface area contributed by atoms with E-state index in [4.69, 9.17) is 10.00 Å². The lowest BCUT2D eigenvalue weighted by Gasteiger charge is -2.34. The number of piperidine rings is 1. The van der Waals surface area contributed by atoms with Crippen molar-refractivity contribution in [2.75, 3.05) is 18.0 Å². The van der Waals surface area contributed by atoms with E-state index in [1.54, 1.807) is 6.20 Å². The zero-order valence-corrected chi connectivity index (χ0v) is 14.6. The molecule has 0 aliphatic carbocycles. The summed E-state index contributed by atoms with van der Waals surface area (Å²) in [6.07, 6.45) is 3.25. The Morgan fingerprint density at radius 1 is 1.64 bits per heavy atom. The van der Waals surface area contributed by atoms with Crippen LogP contribution >= 0.6 is 23.3 Å². The van der Waals surface area contributed by atoms with Crippen molar-refractivity contribution in [2.24, 2.45) is 0 Å². The van der Waals surface area contributed by atoms with Crippen LogP contribution in [-0.4, -0.2) is 35.2 Å². The number of ether oxygens (including phenoxy) is 1. The van der Waals surface area contributed by atoms with Crippen LogP contribution in [-0.2, 0) is 4.74 Å². The molecule has 6 nitrogen and oxygen atoms in total. The standard InChI is InChI=1S/C14H20N4O2S2/c1-14(2,3)20-13(19)17-10-5-4-6-18(8-10)12-11(21-9-15)7-16-22-12/h7,10H,4-6,8H2,1-3H3,(H,17,19)/t10-/m0/s1. The van der Waals surface area contributed by atoms with E-state index < -0.39 is 5.60 Å². The van der Waals surface area contributed by atoms with Gasteiger partial charge in [-0.25, -0.2) is 4.79 Å². The first-order valence-electron chi connectivity index (χ1n) is 7.14. The van der Waals surface area contributed by atoms with Crippen molar-refractivity contribution in [1.29, 1.82) is 5.26 Å². The van der Waals surface area contributed by atoms with E-state index in [9.17, 15) is 4.79 Å². The van der Waals surface area contributed by atoms with Gasteiger partial charge in [0.05, 0.1) is 11.1 Å². The van der Waals surface area contributed by atoms with Crippen molar-refractivity contribution in [3.63, 3.8) is 0 Å². The number of carbonyl (C=O) groups excluding carboxylic acids is 1. The molecule has 120 valence electrons. The van der Waals surface area contributed by atoms with Crippen LogP contribution in [0.1, 0.15) is 33.6 Å². The second-order valence-electron chi connectivity index (χ2n) is 6.12. The molecule has 1 amide bonds. The van der Waals surface area contributed by atoms with Crippen molar-refractivity contribution in [2.45, 2.75) is 50.2 Å². The molecule has 2 heterocycles. The minimum atomic E-state index is -0.493. The number of carbonyl (C=O) groups is 1. The van der Waals surface area contributed by atoms with Crippen molar-refractivity contribution in [3.8, 4) is 5.40 Å². The first-order valence-corrected chi connectivity index (χ1v) is 8.73. The Balaban J connectivity index is 1.96. The van der Waals surface area contributed by atoms with Crippen molar-refractivity contribution in [1.82, 2.24) is 9.69 Å². The van der Waals surface area contributed by atoms with Gasteiger partial charge in [0.2, 0.25) is 0 Å². The minimum Gasteiger partial charge on any atom is -0.444 e. The molecule has 1 saturated heterocycles. The summed E-state index contributed by atoms with van der Waals surface area (Å²) in [5.41, 5.74) is -0.493. The van der Waals surface area contributed by atoms with Gasteiger partial charge in [0, 0.05) is 19.1 Å². The summed E-state index contributed by atoms with van der Waals surface area (Å²) in [6, 6.07) is 0.0469. The van der Waals surface area contributed by atoms with Gasteiger partial charge in [0.25, 0.3) is 0 Å².